The number of hydrogen-bond donors (Lipinski definition) is 0. The number of ketones is 2. The Morgan fingerprint density at radius 3 is 2.45 bits per heavy atom. The molecule has 0 N–H and O–H groups in total. The number of allylic oxidation sites excluding steroid dienone is 1. The summed E-state index contributed by atoms with van der Waals surface area (Å²) < 4.78 is 5.44. The summed E-state index contributed by atoms with van der Waals surface area (Å²) in [4.78, 5) is 33.8. The maximum Gasteiger partial charge on any atom is 0.338 e. The van der Waals surface area contributed by atoms with Crippen molar-refractivity contribution in [3.8, 4) is 0 Å². The molecule has 22 heavy (non-hydrogen) atoms. The minimum Gasteiger partial charge on any atom is -0.459 e. The summed E-state index contributed by atoms with van der Waals surface area (Å²) >= 11 is 2.99. The quantitative estimate of drug-likeness (QED) is 0.476. The molecule has 0 unspecified atom stereocenters. The first-order valence-electron chi connectivity index (χ1n) is 6.29. The smallest absolute Gasteiger partial charge is 0.338 e. The third-order valence-electron chi connectivity index (χ3n) is 3.26. The van der Waals surface area contributed by atoms with Gasteiger partial charge < -0.3 is 4.42 Å². The van der Waals surface area contributed by atoms with Gasteiger partial charge in [-0.05, 0) is 27.6 Å². The van der Waals surface area contributed by atoms with Crippen molar-refractivity contribution in [1.29, 1.82) is 0 Å². The zero-order valence-corrected chi connectivity index (χ0v) is 12.6. The number of benzene rings is 1. The minimum absolute atomic E-state index is 0.0298. The second-order valence-corrected chi connectivity index (χ2v) is 5.49. The Morgan fingerprint density at radius 1 is 1.14 bits per heavy atom. The first-order valence-corrected chi connectivity index (χ1v) is 7.08. The van der Waals surface area contributed by atoms with E-state index >= 15 is 0 Å². The number of hydrogen-bond acceptors (Lipinski definition) is 5. The molecule has 0 saturated carbocycles. The van der Waals surface area contributed by atoms with Gasteiger partial charge in [-0.3, -0.25) is 19.7 Å². The molecule has 3 rings (SSSR count). The molecular weight excluding hydrogens is 354 g/mol. The average molecular weight is 362 g/mol. The lowest BCUT2D eigenvalue weighted by Gasteiger charge is -2.06. The average Bonchev–Trinajstić information content (AvgIpc) is 2.90. The van der Waals surface area contributed by atoms with Gasteiger partial charge in [0.1, 0.15) is 10.2 Å². The van der Waals surface area contributed by atoms with Crippen LogP contribution in [-0.4, -0.2) is 16.5 Å². The minimum atomic E-state index is -1.14. The van der Waals surface area contributed by atoms with Crippen LogP contribution in [0.5, 0.6) is 0 Å². The van der Waals surface area contributed by atoms with E-state index in [2.05, 4.69) is 15.9 Å². The number of fused-ring (bicyclic) bond motifs is 1. The highest BCUT2D eigenvalue weighted by molar-refractivity contribution is 9.15. The largest absolute Gasteiger partial charge is 0.459 e. The molecular formula is C15H8BrNO5. The van der Waals surface area contributed by atoms with Gasteiger partial charge >= 0.3 is 11.5 Å². The molecule has 0 spiro atoms. The highest BCUT2D eigenvalue weighted by atomic mass is 79.9. The molecule has 1 aromatic carbocycles. The van der Waals surface area contributed by atoms with Crippen molar-refractivity contribution in [2.24, 2.45) is 0 Å². The Kier molecular flexibility index (Phi) is 3.50. The molecule has 0 aliphatic heterocycles. The second-order valence-electron chi connectivity index (χ2n) is 4.70. The van der Waals surface area contributed by atoms with Crippen LogP contribution in [0.15, 0.2) is 46.5 Å². The van der Waals surface area contributed by atoms with Crippen LogP contribution in [0.4, 0.5) is 0 Å². The highest BCUT2D eigenvalue weighted by Gasteiger charge is 2.42. The van der Waals surface area contributed by atoms with E-state index in [0.29, 0.717) is 12.2 Å². The van der Waals surface area contributed by atoms with Crippen LogP contribution in [-0.2, 0) is 11.2 Å². The predicted molar refractivity (Wildman–Crippen MR) is 80.1 cm³/mol. The zero-order valence-electron chi connectivity index (χ0n) is 11.0. The van der Waals surface area contributed by atoms with Crippen LogP contribution in [0.2, 0.25) is 0 Å². The summed E-state index contributed by atoms with van der Waals surface area (Å²) in [6.45, 7) is 0. The topological polar surface area (TPSA) is 90.4 Å². The molecule has 1 heterocycles. The summed E-state index contributed by atoms with van der Waals surface area (Å²) in [5.74, 6) is -1.58. The monoisotopic (exact) mass is 361 g/mol. The van der Waals surface area contributed by atoms with Crippen LogP contribution in [0, 0.1) is 10.1 Å². The highest BCUT2D eigenvalue weighted by Crippen LogP contribution is 2.36. The fraction of sp³-hybridized carbons (Fsp3) is 0.0667. The van der Waals surface area contributed by atoms with Crippen LogP contribution < -0.4 is 0 Å². The number of halogens is 1. The molecule has 0 bridgehead atoms. The standard InChI is InChI=1S/C15H8BrNO5/c16-11-12(17(20)21)14(19)13(18)10-7-9(22-15(10)11)6-8-4-2-1-3-5-8/h1-5,7H,6H2. The first-order chi connectivity index (χ1) is 10.5. The van der Waals surface area contributed by atoms with Crippen LogP contribution in [0.25, 0.3) is 4.48 Å². The van der Waals surface area contributed by atoms with Crippen LogP contribution in [0.1, 0.15) is 27.4 Å². The number of carbonyl (C=O) groups excluding carboxylic acids is 2. The van der Waals surface area contributed by atoms with Gasteiger partial charge in [0.15, 0.2) is 5.76 Å². The number of nitrogens with zero attached hydrogens (tertiary/aromatic N) is 1. The molecule has 2 aromatic rings. The molecule has 7 heteroatoms. The van der Waals surface area contributed by atoms with E-state index in [9.17, 15) is 19.7 Å². The van der Waals surface area contributed by atoms with Gasteiger partial charge in [-0.15, -0.1) is 0 Å². The second kappa shape index (κ2) is 5.34. The van der Waals surface area contributed by atoms with E-state index in [0.717, 1.165) is 5.56 Å². The molecule has 0 amide bonds. The molecule has 1 aliphatic carbocycles. The summed E-state index contributed by atoms with van der Waals surface area (Å²) in [6.07, 6.45) is 0.420. The summed E-state index contributed by atoms with van der Waals surface area (Å²) in [7, 11) is 0. The lowest BCUT2D eigenvalue weighted by Crippen LogP contribution is -2.25. The van der Waals surface area contributed by atoms with Crippen molar-refractivity contribution in [3.05, 3.63) is 74.9 Å². The third kappa shape index (κ3) is 2.29. The predicted octanol–water partition coefficient (Wildman–Crippen LogP) is 2.98. The number of rotatable bonds is 3. The summed E-state index contributed by atoms with van der Waals surface area (Å²) in [5, 5.41) is 10.9. The molecule has 1 aliphatic rings. The Hall–Kier alpha value is -2.54. The van der Waals surface area contributed by atoms with Crippen molar-refractivity contribution in [2.75, 3.05) is 0 Å². The summed E-state index contributed by atoms with van der Waals surface area (Å²) in [6, 6.07) is 10.9. The van der Waals surface area contributed by atoms with E-state index in [1.807, 2.05) is 30.3 Å². The number of furan rings is 1. The van der Waals surface area contributed by atoms with Crippen molar-refractivity contribution >= 4 is 32.0 Å². The van der Waals surface area contributed by atoms with E-state index < -0.39 is 22.2 Å². The van der Waals surface area contributed by atoms with Crippen molar-refractivity contribution in [3.63, 3.8) is 0 Å². The third-order valence-corrected chi connectivity index (χ3v) is 4.00. The van der Waals surface area contributed by atoms with Crippen molar-refractivity contribution in [2.45, 2.75) is 6.42 Å². The fourth-order valence-corrected chi connectivity index (χ4v) is 2.88. The SMILES string of the molecule is O=C1C(=O)c2cc(Cc3ccccc3)oc2C(Br)=C1[N+](=O)[O-]. The zero-order chi connectivity index (χ0) is 15.9. The van der Waals surface area contributed by atoms with Crippen LogP contribution >= 0.6 is 15.9 Å². The lowest BCUT2D eigenvalue weighted by molar-refractivity contribution is -0.416. The van der Waals surface area contributed by atoms with Gasteiger partial charge in [-0.1, -0.05) is 30.3 Å². The van der Waals surface area contributed by atoms with E-state index in [4.69, 9.17) is 4.42 Å². The Labute approximate surface area is 132 Å². The molecule has 0 fully saturated rings. The molecule has 1 aromatic heterocycles. The fourth-order valence-electron chi connectivity index (χ4n) is 2.26. The number of Topliss-reactive ketones (excluding diaryl/α,β-unsaturated/α-hetero) is 2. The van der Waals surface area contributed by atoms with Gasteiger partial charge in [0.05, 0.1) is 10.5 Å². The lowest BCUT2D eigenvalue weighted by atomic mass is 9.99. The van der Waals surface area contributed by atoms with Crippen molar-refractivity contribution in [1.82, 2.24) is 0 Å². The molecule has 0 atom stereocenters. The Morgan fingerprint density at radius 2 is 1.82 bits per heavy atom. The van der Waals surface area contributed by atoms with Gasteiger partial charge in [-0.25, -0.2) is 0 Å². The van der Waals surface area contributed by atoms with Gasteiger partial charge in [-0.2, -0.15) is 0 Å². The van der Waals surface area contributed by atoms with E-state index in [1.54, 1.807) is 0 Å². The van der Waals surface area contributed by atoms with Gasteiger partial charge in [0, 0.05) is 6.42 Å². The normalized spacial score (nSPS) is 14.2. The maximum atomic E-state index is 12.0. The summed E-state index contributed by atoms with van der Waals surface area (Å²) in [5.41, 5.74) is 0.216. The van der Waals surface area contributed by atoms with Gasteiger partial charge in [0.2, 0.25) is 5.78 Å². The molecule has 0 saturated heterocycles. The van der Waals surface area contributed by atoms with Gasteiger partial charge in [0.25, 0.3) is 0 Å². The first kappa shape index (κ1) is 14.4. The van der Waals surface area contributed by atoms with Crippen molar-refractivity contribution < 1.29 is 18.9 Å². The Balaban J connectivity index is 2.06. The number of carbonyl (C=O) groups is 2. The maximum absolute atomic E-state index is 12.0. The molecule has 110 valence electrons. The van der Waals surface area contributed by atoms with E-state index in [1.165, 1.54) is 6.07 Å². The van der Waals surface area contributed by atoms with E-state index in [-0.39, 0.29) is 15.8 Å². The molecule has 6 nitrogen and oxygen atoms in total. The number of nitro groups is 1. The Bertz CT molecular complexity index is 835. The van der Waals surface area contributed by atoms with Crippen LogP contribution in [0.3, 0.4) is 0 Å². The molecule has 0 radical (unpaired) electrons.